The summed E-state index contributed by atoms with van der Waals surface area (Å²) in [5, 5.41) is 5.35. The van der Waals surface area contributed by atoms with Crippen molar-refractivity contribution < 1.29 is 24.0 Å². The maximum absolute atomic E-state index is 13.6. The van der Waals surface area contributed by atoms with E-state index in [0.717, 1.165) is 111 Å². The van der Waals surface area contributed by atoms with Gasteiger partial charge in [0.2, 0.25) is 11.8 Å². The first-order chi connectivity index (χ1) is 28.7. The minimum Gasteiger partial charge on any atom is -0.371 e. The standard InChI is InChI=1S/C46H54N8O5/c1-29-5-3-22-53(29)28-40-48-36-14-13-34(27-37(36)49-40)47-43(56)33-11-9-31(10-12-33)32-19-23-51(24-20-32)21-4-6-30-17-25-52(26-18-30)38-8-2-7-35-42(38)46(59)54(45(35)58)39-15-16-41(55)50-44(39)57/h2,7-14,27,29-30,32,39H,3-6,15-26,28H2,1H3,(H,47,56)(H,48,49)(H,50,55,57)/t29-,39?/m0/s1. The average molecular weight is 799 g/mol. The van der Waals surface area contributed by atoms with Crippen LogP contribution in [0.1, 0.15) is 120 Å². The molecule has 5 aliphatic rings. The molecular weight excluding hydrogens is 745 g/mol. The Hall–Kier alpha value is -5.40. The topological polar surface area (TPSA) is 151 Å². The summed E-state index contributed by atoms with van der Waals surface area (Å²) in [4.78, 5) is 80.9. The van der Waals surface area contributed by atoms with Gasteiger partial charge in [-0.3, -0.25) is 39.1 Å². The fourth-order valence-electron chi connectivity index (χ4n) is 10.1. The zero-order chi connectivity index (χ0) is 40.6. The number of hydrogen-bond donors (Lipinski definition) is 3. The average Bonchev–Trinajstić information content (AvgIpc) is 3.92. The molecule has 9 rings (SSSR count). The van der Waals surface area contributed by atoms with E-state index in [2.05, 4.69) is 49.4 Å². The molecule has 1 aromatic heterocycles. The zero-order valence-electron chi connectivity index (χ0n) is 33.9. The molecule has 59 heavy (non-hydrogen) atoms. The largest absolute Gasteiger partial charge is 0.371 e. The van der Waals surface area contributed by atoms with Gasteiger partial charge in [0.25, 0.3) is 17.7 Å². The number of carbonyl (C=O) groups excluding carboxylic acids is 5. The molecule has 0 bridgehead atoms. The number of H-pyrrole nitrogens is 1. The SMILES string of the molecule is C[C@H]1CCCN1Cc1nc2ccc(NC(=O)c3ccc(C4CCN(CCCC5CCN(c6cccc7c6C(=O)N(C6CCC(=O)NC6=O)C7=O)CC5)CC4)cc3)cc2[nH]1. The molecule has 5 aliphatic heterocycles. The highest BCUT2D eigenvalue weighted by molar-refractivity contribution is 6.25. The van der Waals surface area contributed by atoms with Crippen molar-refractivity contribution in [1.82, 2.24) is 30.0 Å². The summed E-state index contributed by atoms with van der Waals surface area (Å²) in [5.74, 6) is 0.0741. The summed E-state index contributed by atoms with van der Waals surface area (Å²) in [6.45, 7) is 9.06. The summed E-state index contributed by atoms with van der Waals surface area (Å²) in [6, 6.07) is 19.0. The monoisotopic (exact) mass is 798 g/mol. The maximum atomic E-state index is 13.6. The Morgan fingerprint density at radius 1 is 0.864 bits per heavy atom. The highest BCUT2D eigenvalue weighted by Crippen LogP contribution is 2.37. The van der Waals surface area contributed by atoms with Crippen molar-refractivity contribution >= 4 is 51.9 Å². The quantitative estimate of drug-likeness (QED) is 0.154. The molecule has 3 aromatic carbocycles. The lowest BCUT2D eigenvalue weighted by molar-refractivity contribution is -0.136. The van der Waals surface area contributed by atoms with E-state index in [9.17, 15) is 24.0 Å². The number of benzene rings is 3. The number of anilines is 2. The first-order valence-electron chi connectivity index (χ1n) is 21.6. The summed E-state index contributed by atoms with van der Waals surface area (Å²) >= 11 is 0. The van der Waals surface area contributed by atoms with Crippen LogP contribution in [0.4, 0.5) is 11.4 Å². The number of fused-ring (bicyclic) bond motifs is 2. The highest BCUT2D eigenvalue weighted by Gasteiger charge is 2.46. The van der Waals surface area contributed by atoms with Crippen molar-refractivity contribution in [2.75, 3.05) is 49.5 Å². The van der Waals surface area contributed by atoms with Crippen LogP contribution in [0.15, 0.2) is 60.7 Å². The van der Waals surface area contributed by atoms with Crippen molar-refractivity contribution in [2.45, 2.75) is 95.7 Å². The molecular formula is C46H54N8O5. The van der Waals surface area contributed by atoms with E-state index in [1.54, 1.807) is 6.07 Å². The normalized spacial score (nSPS) is 22.4. The predicted molar refractivity (Wildman–Crippen MR) is 225 cm³/mol. The van der Waals surface area contributed by atoms with Crippen LogP contribution in [-0.4, -0.2) is 106 Å². The number of carbonyl (C=O) groups is 5. The third kappa shape index (κ3) is 8.14. The van der Waals surface area contributed by atoms with E-state index in [4.69, 9.17) is 4.98 Å². The third-order valence-corrected chi connectivity index (χ3v) is 13.6. The fraction of sp³-hybridized carbons (Fsp3) is 0.478. The number of nitrogens with one attached hydrogen (secondary N) is 3. The number of nitrogens with zero attached hydrogens (tertiary/aromatic N) is 5. The number of imidazole rings is 1. The molecule has 4 fully saturated rings. The van der Waals surface area contributed by atoms with Gasteiger partial charge in [0.1, 0.15) is 11.9 Å². The van der Waals surface area contributed by atoms with E-state index in [-0.39, 0.29) is 24.7 Å². The number of imide groups is 2. The Kier molecular flexibility index (Phi) is 11.1. The molecule has 13 nitrogen and oxygen atoms in total. The summed E-state index contributed by atoms with van der Waals surface area (Å²) < 4.78 is 0. The van der Waals surface area contributed by atoms with Crippen LogP contribution >= 0.6 is 0 Å². The molecule has 2 atom stereocenters. The first-order valence-corrected chi connectivity index (χ1v) is 21.6. The molecule has 5 amide bonds. The van der Waals surface area contributed by atoms with E-state index in [0.29, 0.717) is 34.6 Å². The van der Waals surface area contributed by atoms with Gasteiger partial charge in [0.15, 0.2) is 0 Å². The maximum Gasteiger partial charge on any atom is 0.264 e. The van der Waals surface area contributed by atoms with Crippen LogP contribution in [0.2, 0.25) is 0 Å². The van der Waals surface area contributed by atoms with Gasteiger partial charge in [-0.25, -0.2) is 4.98 Å². The molecule has 6 heterocycles. The van der Waals surface area contributed by atoms with Gasteiger partial charge in [-0.05, 0) is 151 Å². The van der Waals surface area contributed by atoms with E-state index >= 15 is 0 Å². The molecule has 0 spiro atoms. The van der Waals surface area contributed by atoms with Gasteiger partial charge in [-0.2, -0.15) is 0 Å². The minimum absolute atomic E-state index is 0.103. The van der Waals surface area contributed by atoms with Gasteiger partial charge in [0.05, 0.1) is 34.4 Å². The van der Waals surface area contributed by atoms with Crippen LogP contribution in [0.5, 0.6) is 0 Å². The van der Waals surface area contributed by atoms with Crippen LogP contribution < -0.4 is 15.5 Å². The second-order valence-electron chi connectivity index (χ2n) is 17.3. The molecule has 13 heteroatoms. The Balaban J connectivity index is 0.704. The molecule has 0 saturated carbocycles. The summed E-state index contributed by atoms with van der Waals surface area (Å²) in [7, 11) is 0. The van der Waals surface area contributed by atoms with E-state index in [1.807, 2.05) is 42.5 Å². The van der Waals surface area contributed by atoms with Crippen LogP contribution in [-0.2, 0) is 16.1 Å². The Labute approximate surface area is 344 Å². The lowest BCUT2D eigenvalue weighted by Gasteiger charge is -2.35. The Morgan fingerprint density at radius 2 is 1.66 bits per heavy atom. The lowest BCUT2D eigenvalue weighted by atomic mass is 9.88. The van der Waals surface area contributed by atoms with Crippen molar-refractivity contribution in [1.29, 1.82) is 0 Å². The van der Waals surface area contributed by atoms with Gasteiger partial charge >= 0.3 is 0 Å². The third-order valence-electron chi connectivity index (χ3n) is 13.6. The Bertz CT molecular complexity index is 2250. The number of likely N-dealkylation sites (tertiary alicyclic amines) is 2. The second-order valence-corrected chi connectivity index (χ2v) is 17.3. The molecule has 4 aromatic rings. The van der Waals surface area contributed by atoms with Crippen molar-refractivity contribution in [3.05, 3.63) is 88.7 Å². The van der Waals surface area contributed by atoms with Crippen LogP contribution in [0, 0.1) is 5.92 Å². The molecule has 308 valence electrons. The first kappa shape index (κ1) is 39.1. The second kappa shape index (κ2) is 16.7. The highest BCUT2D eigenvalue weighted by atomic mass is 16.2. The van der Waals surface area contributed by atoms with E-state index in [1.165, 1.54) is 24.8 Å². The fourth-order valence-corrected chi connectivity index (χ4v) is 10.1. The molecule has 4 saturated heterocycles. The van der Waals surface area contributed by atoms with Gasteiger partial charge in [-0.15, -0.1) is 0 Å². The van der Waals surface area contributed by atoms with Crippen molar-refractivity contribution in [3.8, 4) is 0 Å². The number of aromatic amines is 1. The van der Waals surface area contributed by atoms with Gasteiger partial charge < -0.3 is 20.1 Å². The predicted octanol–water partition coefficient (Wildman–Crippen LogP) is 6.08. The Morgan fingerprint density at radius 3 is 2.41 bits per heavy atom. The minimum atomic E-state index is -0.963. The zero-order valence-corrected chi connectivity index (χ0v) is 33.9. The molecule has 0 aliphatic carbocycles. The lowest BCUT2D eigenvalue weighted by Crippen LogP contribution is -2.54. The number of aromatic nitrogens is 2. The number of hydrogen-bond acceptors (Lipinski definition) is 9. The number of piperidine rings is 3. The van der Waals surface area contributed by atoms with Gasteiger partial charge in [0, 0.05) is 36.8 Å². The smallest absolute Gasteiger partial charge is 0.264 e. The van der Waals surface area contributed by atoms with E-state index < -0.39 is 23.8 Å². The summed E-state index contributed by atoms with van der Waals surface area (Å²) in [6.07, 6.45) is 9.31. The molecule has 3 N–H and O–H groups in total. The number of amides is 5. The van der Waals surface area contributed by atoms with Crippen LogP contribution in [0.25, 0.3) is 11.0 Å². The molecule has 1 unspecified atom stereocenters. The van der Waals surface area contributed by atoms with Gasteiger partial charge in [-0.1, -0.05) is 18.2 Å². The molecule has 0 radical (unpaired) electrons. The van der Waals surface area contributed by atoms with Crippen molar-refractivity contribution in [2.24, 2.45) is 5.92 Å². The van der Waals surface area contributed by atoms with Crippen LogP contribution in [0.3, 0.4) is 0 Å². The summed E-state index contributed by atoms with van der Waals surface area (Å²) in [5.41, 5.74) is 6.01. The van der Waals surface area contributed by atoms with Crippen molar-refractivity contribution in [3.63, 3.8) is 0 Å². The number of rotatable bonds is 11.